The van der Waals surface area contributed by atoms with Crippen molar-refractivity contribution in [3.63, 3.8) is 0 Å². The predicted octanol–water partition coefficient (Wildman–Crippen LogP) is 1.03. The minimum atomic E-state index is -3.32. The van der Waals surface area contributed by atoms with Crippen molar-refractivity contribution in [3.8, 4) is 0 Å². The summed E-state index contributed by atoms with van der Waals surface area (Å²) in [6.45, 7) is 0.348. The summed E-state index contributed by atoms with van der Waals surface area (Å²) in [5.41, 5.74) is 0. The molecule has 1 N–H and O–H groups in total. The number of amides is 1. The summed E-state index contributed by atoms with van der Waals surface area (Å²) in [4.78, 5) is 13.4. The van der Waals surface area contributed by atoms with Crippen molar-refractivity contribution >= 4 is 15.9 Å². The van der Waals surface area contributed by atoms with E-state index in [-0.39, 0.29) is 24.7 Å². The highest BCUT2D eigenvalue weighted by molar-refractivity contribution is 7.88. The molecule has 0 atom stereocenters. The Morgan fingerprint density at radius 3 is 2.90 bits per heavy atom. The van der Waals surface area contributed by atoms with Gasteiger partial charge in [-0.3, -0.25) is 4.79 Å². The van der Waals surface area contributed by atoms with Crippen LogP contribution in [-0.4, -0.2) is 38.6 Å². The molecule has 0 bridgehead atoms. The van der Waals surface area contributed by atoms with Gasteiger partial charge in [-0.25, -0.2) is 17.5 Å². The number of hydrogen-bond acceptors (Lipinski definition) is 4. The van der Waals surface area contributed by atoms with Gasteiger partial charge in [-0.15, -0.1) is 0 Å². The van der Waals surface area contributed by atoms with E-state index in [1.165, 1.54) is 23.1 Å². The summed E-state index contributed by atoms with van der Waals surface area (Å²) in [7, 11) is -3.32. The fraction of sp³-hybridized carbons (Fsp3) is 0.417. The third-order valence-corrected chi connectivity index (χ3v) is 3.44. The molecule has 0 unspecified atom stereocenters. The third kappa shape index (κ3) is 3.91. The van der Waals surface area contributed by atoms with Crippen LogP contribution < -0.4 is 4.72 Å². The van der Waals surface area contributed by atoms with Crippen molar-refractivity contribution < 1.29 is 22.0 Å². The van der Waals surface area contributed by atoms with Gasteiger partial charge in [-0.1, -0.05) is 0 Å². The van der Waals surface area contributed by atoms with Gasteiger partial charge < -0.3 is 9.32 Å². The molecular formula is C12H15FN2O4S. The highest BCUT2D eigenvalue weighted by Gasteiger charge is 2.22. The zero-order valence-electron chi connectivity index (χ0n) is 10.9. The molecule has 1 aliphatic heterocycles. The third-order valence-electron chi connectivity index (χ3n) is 2.77. The molecule has 0 spiro atoms. The number of hydrogen-bond donors (Lipinski definition) is 1. The van der Waals surface area contributed by atoms with Crippen molar-refractivity contribution in [2.75, 3.05) is 19.3 Å². The lowest BCUT2D eigenvalue weighted by molar-refractivity contribution is 0.0721. The van der Waals surface area contributed by atoms with Gasteiger partial charge >= 0.3 is 0 Å². The van der Waals surface area contributed by atoms with E-state index in [9.17, 15) is 17.6 Å². The lowest BCUT2D eigenvalue weighted by Gasteiger charge is -2.23. The van der Waals surface area contributed by atoms with Gasteiger partial charge in [0.15, 0.2) is 5.76 Å². The molecule has 0 radical (unpaired) electrons. The maximum absolute atomic E-state index is 13.1. The normalized spacial score (nSPS) is 16.1. The Kier molecular flexibility index (Phi) is 4.24. The number of sulfonamides is 1. The van der Waals surface area contributed by atoms with E-state index >= 15 is 0 Å². The Morgan fingerprint density at radius 2 is 2.25 bits per heavy atom. The van der Waals surface area contributed by atoms with Crippen LogP contribution >= 0.6 is 0 Å². The van der Waals surface area contributed by atoms with E-state index in [4.69, 9.17) is 4.42 Å². The van der Waals surface area contributed by atoms with Crippen molar-refractivity contribution in [2.24, 2.45) is 0 Å². The molecule has 110 valence electrons. The average molecular weight is 302 g/mol. The van der Waals surface area contributed by atoms with Crippen LogP contribution in [0.25, 0.3) is 0 Å². The summed E-state index contributed by atoms with van der Waals surface area (Å²) in [5.74, 6) is -0.342. The largest absolute Gasteiger partial charge is 0.455 e. The topological polar surface area (TPSA) is 79.6 Å². The summed E-state index contributed by atoms with van der Waals surface area (Å²) in [6.07, 6.45) is 2.96. The van der Waals surface area contributed by atoms with Gasteiger partial charge in [-0.05, 0) is 24.6 Å². The minimum Gasteiger partial charge on any atom is -0.455 e. The van der Waals surface area contributed by atoms with Crippen molar-refractivity contribution in [3.05, 3.63) is 35.6 Å². The van der Waals surface area contributed by atoms with E-state index in [1.807, 2.05) is 0 Å². The van der Waals surface area contributed by atoms with Crippen molar-refractivity contribution in [1.82, 2.24) is 9.62 Å². The van der Waals surface area contributed by atoms with E-state index in [2.05, 4.69) is 4.72 Å². The summed E-state index contributed by atoms with van der Waals surface area (Å²) in [6, 6.07) is 2.97. The van der Waals surface area contributed by atoms with Crippen LogP contribution in [0.3, 0.4) is 0 Å². The molecule has 0 aliphatic carbocycles. The molecule has 0 saturated carbocycles. The van der Waals surface area contributed by atoms with Crippen LogP contribution in [0.5, 0.6) is 0 Å². The number of nitrogens with one attached hydrogen (secondary N) is 1. The highest BCUT2D eigenvalue weighted by atomic mass is 32.2. The van der Waals surface area contributed by atoms with Crippen LogP contribution in [0.15, 0.2) is 28.5 Å². The predicted molar refractivity (Wildman–Crippen MR) is 70.1 cm³/mol. The molecule has 0 aromatic carbocycles. The van der Waals surface area contributed by atoms with Gasteiger partial charge in [0, 0.05) is 6.54 Å². The number of rotatable bonds is 4. The maximum atomic E-state index is 13.1. The van der Waals surface area contributed by atoms with E-state index in [1.54, 1.807) is 0 Å². The first-order valence-corrected chi connectivity index (χ1v) is 7.91. The molecule has 1 aromatic heterocycles. The van der Waals surface area contributed by atoms with Crippen molar-refractivity contribution in [2.45, 2.75) is 13.0 Å². The number of furan rings is 1. The molecule has 1 aliphatic rings. The lowest BCUT2D eigenvalue weighted by Crippen LogP contribution is -2.34. The van der Waals surface area contributed by atoms with Gasteiger partial charge in [0.2, 0.25) is 10.0 Å². The molecule has 0 saturated heterocycles. The maximum Gasteiger partial charge on any atom is 0.289 e. The summed E-state index contributed by atoms with van der Waals surface area (Å²) >= 11 is 0. The molecule has 6 nitrogen and oxygen atoms in total. The lowest BCUT2D eigenvalue weighted by atomic mass is 10.2. The van der Waals surface area contributed by atoms with Crippen LogP contribution in [0, 0.1) is 0 Å². The Morgan fingerprint density at radius 1 is 1.50 bits per heavy atom. The second-order valence-corrected chi connectivity index (χ2v) is 6.36. The monoisotopic (exact) mass is 302 g/mol. The highest BCUT2D eigenvalue weighted by Crippen LogP contribution is 2.16. The molecule has 0 fully saturated rings. The Bertz CT molecular complexity index is 636. The molecule has 1 amide bonds. The van der Waals surface area contributed by atoms with Crippen LogP contribution in [0.1, 0.15) is 22.7 Å². The summed E-state index contributed by atoms with van der Waals surface area (Å²) in [5, 5.41) is 0. The van der Waals surface area contributed by atoms with Crippen molar-refractivity contribution in [1.29, 1.82) is 0 Å². The van der Waals surface area contributed by atoms with Gasteiger partial charge in [0.25, 0.3) is 5.91 Å². The molecule has 20 heavy (non-hydrogen) atoms. The van der Waals surface area contributed by atoms with Gasteiger partial charge in [0.1, 0.15) is 11.6 Å². The molecule has 1 aromatic rings. The van der Waals surface area contributed by atoms with Crippen LogP contribution in [-0.2, 0) is 16.6 Å². The van der Waals surface area contributed by atoms with Crippen LogP contribution in [0.2, 0.25) is 0 Å². The number of nitrogens with zero attached hydrogens (tertiary/aromatic N) is 1. The van der Waals surface area contributed by atoms with E-state index in [0.29, 0.717) is 18.7 Å². The molecular weight excluding hydrogens is 287 g/mol. The second-order valence-electron chi connectivity index (χ2n) is 4.53. The van der Waals surface area contributed by atoms with Gasteiger partial charge in [-0.2, -0.15) is 0 Å². The molecule has 2 heterocycles. The Labute approximate surface area is 116 Å². The van der Waals surface area contributed by atoms with Gasteiger partial charge in [0.05, 0.1) is 19.3 Å². The average Bonchev–Trinajstić information content (AvgIpc) is 2.83. The standard InChI is InChI=1S/C12H15FN2O4S/c1-20(17,18)14-7-10-4-5-11(19-10)12(16)15-6-2-3-9(13)8-15/h3-5,14H,2,6-8H2,1H3. The quantitative estimate of drug-likeness (QED) is 0.901. The van der Waals surface area contributed by atoms with E-state index in [0.717, 1.165) is 6.26 Å². The first kappa shape index (κ1) is 14.7. The molecule has 2 rings (SSSR count). The smallest absolute Gasteiger partial charge is 0.289 e. The SMILES string of the molecule is CS(=O)(=O)NCc1ccc(C(=O)N2CCC=C(F)C2)o1. The van der Waals surface area contributed by atoms with Crippen LogP contribution in [0.4, 0.5) is 4.39 Å². The second kappa shape index (κ2) is 5.76. The first-order chi connectivity index (χ1) is 9.35. The zero-order chi connectivity index (χ0) is 14.8. The fourth-order valence-corrected chi connectivity index (χ4v) is 2.23. The number of carbonyl (C=O) groups is 1. The fourth-order valence-electron chi connectivity index (χ4n) is 1.82. The summed E-state index contributed by atoms with van der Waals surface area (Å²) < 4.78 is 42.6. The molecule has 8 heteroatoms. The number of halogens is 1. The Hall–Kier alpha value is -1.67. The van der Waals surface area contributed by atoms with E-state index < -0.39 is 15.9 Å². The number of carbonyl (C=O) groups excluding carboxylic acids is 1. The minimum absolute atomic E-state index is 0.0274. The Balaban J connectivity index is 2.01. The zero-order valence-corrected chi connectivity index (χ0v) is 11.7. The first-order valence-electron chi connectivity index (χ1n) is 6.02.